The Bertz CT molecular complexity index is 376. The van der Waals surface area contributed by atoms with Crippen LogP contribution in [0, 0.1) is 5.82 Å². The fourth-order valence-electron chi connectivity index (χ4n) is 1.59. The van der Waals surface area contributed by atoms with Crippen molar-refractivity contribution in [1.29, 1.82) is 0 Å². The zero-order valence-electron chi connectivity index (χ0n) is 9.79. The van der Waals surface area contributed by atoms with Crippen molar-refractivity contribution in [1.82, 2.24) is 0 Å². The van der Waals surface area contributed by atoms with Crippen molar-refractivity contribution in [2.45, 2.75) is 29.9 Å². The van der Waals surface area contributed by atoms with E-state index in [-0.39, 0.29) is 22.8 Å². The van der Waals surface area contributed by atoms with Gasteiger partial charge in [-0.25, -0.2) is 4.39 Å². The third-order valence-corrected chi connectivity index (χ3v) is 4.12. The highest BCUT2D eigenvalue weighted by atomic mass is 32.2. The molecule has 0 fully saturated rings. The molecule has 2 atom stereocenters. The van der Waals surface area contributed by atoms with Gasteiger partial charge in [0.25, 0.3) is 0 Å². The maximum atomic E-state index is 13.0. The fraction of sp³-hybridized carbons (Fsp3) is 0.500. The average Bonchev–Trinajstić information content (AvgIpc) is 2.33. The van der Waals surface area contributed by atoms with E-state index in [1.54, 1.807) is 0 Å². The van der Waals surface area contributed by atoms with Gasteiger partial charge in [0.15, 0.2) is 0 Å². The molecule has 0 heterocycles. The highest BCUT2D eigenvalue weighted by Gasteiger charge is 2.15. The second-order valence-electron chi connectivity index (χ2n) is 3.92. The van der Waals surface area contributed by atoms with Crippen LogP contribution < -0.4 is 0 Å². The maximum Gasteiger partial charge on any atom is 0.123 e. The van der Waals surface area contributed by atoms with Crippen LogP contribution in [0.25, 0.3) is 0 Å². The lowest BCUT2D eigenvalue weighted by Gasteiger charge is -2.16. The number of hydrogen-bond donors (Lipinski definition) is 4. The van der Waals surface area contributed by atoms with Gasteiger partial charge in [-0.05, 0) is 43.0 Å². The summed E-state index contributed by atoms with van der Waals surface area (Å²) in [6.45, 7) is 0. The van der Waals surface area contributed by atoms with Gasteiger partial charge in [0.05, 0.1) is 5.94 Å². The molecule has 6 heteroatoms. The number of halogens is 1. The van der Waals surface area contributed by atoms with E-state index in [0.29, 0.717) is 24.8 Å². The second kappa shape index (κ2) is 7.89. The summed E-state index contributed by atoms with van der Waals surface area (Å²) in [4.78, 5) is 0. The maximum absolute atomic E-state index is 13.0. The number of thiol groups is 1. The van der Waals surface area contributed by atoms with Crippen LogP contribution >= 0.6 is 24.4 Å². The predicted molar refractivity (Wildman–Crippen MR) is 74.5 cm³/mol. The van der Waals surface area contributed by atoms with Crippen LogP contribution in [-0.4, -0.2) is 31.9 Å². The molecule has 102 valence electrons. The molecule has 0 spiro atoms. The van der Waals surface area contributed by atoms with Gasteiger partial charge in [-0.2, -0.15) is 12.6 Å². The highest BCUT2D eigenvalue weighted by molar-refractivity contribution is 8.00. The van der Waals surface area contributed by atoms with E-state index in [1.165, 1.54) is 18.2 Å². The number of aryl methyl sites for hydroxylation is 1. The Kier molecular flexibility index (Phi) is 6.85. The second-order valence-corrected chi connectivity index (χ2v) is 5.66. The number of thioether (sulfide) groups is 1. The topological polar surface area (TPSA) is 60.7 Å². The van der Waals surface area contributed by atoms with E-state index in [0.717, 1.165) is 11.8 Å². The van der Waals surface area contributed by atoms with Crippen molar-refractivity contribution in [3.63, 3.8) is 0 Å². The molecule has 1 rings (SSSR count). The molecule has 0 aliphatic rings. The first-order valence-electron chi connectivity index (χ1n) is 5.60. The minimum Gasteiger partial charge on any atom is -0.508 e. The molecule has 1 aromatic carbocycles. The van der Waals surface area contributed by atoms with E-state index in [4.69, 9.17) is 5.11 Å². The molecule has 0 aliphatic carbocycles. The average molecular weight is 292 g/mol. The fourth-order valence-corrected chi connectivity index (χ4v) is 2.54. The monoisotopic (exact) mass is 292 g/mol. The molecule has 0 amide bonds. The molecule has 18 heavy (non-hydrogen) atoms. The molecule has 0 saturated heterocycles. The summed E-state index contributed by atoms with van der Waals surface area (Å²) in [6.07, 6.45) is 1.82. The summed E-state index contributed by atoms with van der Waals surface area (Å²) in [7, 11) is 0. The van der Waals surface area contributed by atoms with E-state index in [9.17, 15) is 14.6 Å². The molecule has 0 bridgehead atoms. The number of aromatic hydroxyl groups is 1. The number of aliphatic hydroxyl groups is 2. The molecule has 3 N–H and O–H groups in total. The van der Waals surface area contributed by atoms with Gasteiger partial charge >= 0.3 is 0 Å². The van der Waals surface area contributed by atoms with Gasteiger partial charge in [0.2, 0.25) is 0 Å². The molecule has 0 saturated carbocycles. The Hall–Kier alpha value is -0.430. The van der Waals surface area contributed by atoms with Crippen LogP contribution in [0.4, 0.5) is 4.39 Å². The third-order valence-electron chi connectivity index (χ3n) is 2.56. The molecule has 0 aliphatic heterocycles. The molecule has 3 nitrogen and oxygen atoms in total. The highest BCUT2D eigenvalue weighted by Crippen LogP contribution is 2.23. The van der Waals surface area contributed by atoms with E-state index < -0.39 is 5.44 Å². The molecule has 2 unspecified atom stereocenters. The molecule has 0 aromatic heterocycles. The Morgan fingerprint density at radius 2 is 2.11 bits per heavy atom. The Morgan fingerprint density at radius 3 is 2.78 bits per heavy atom. The number of hydrogen-bond acceptors (Lipinski definition) is 5. The van der Waals surface area contributed by atoms with E-state index in [2.05, 4.69) is 12.6 Å². The third kappa shape index (κ3) is 5.06. The standard InChI is InChI=1S/C12H17FO3S2/c13-9-4-5-10(15)8(6-9)2-1-3-11(17)12(16)18-7-14/h4-6,11-12,14-17H,1-3,7H2. The quantitative estimate of drug-likeness (QED) is 0.459. The Labute approximate surface area is 115 Å². The van der Waals surface area contributed by atoms with E-state index >= 15 is 0 Å². The molecular formula is C12H17FO3S2. The van der Waals surface area contributed by atoms with Gasteiger partial charge in [0.1, 0.15) is 17.0 Å². The number of benzene rings is 1. The van der Waals surface area contributed by atoms with Crippen LogP contribution in [0.5, 0.6) is 5.75 Å². The smallest absolute Gasteiger partial charge is 0.123 e. The van der Waals surface area contributed by atoms with Crippen molar-refractivity contribution in [3.05, 3.63) is 29.6 Å². The van der Waals surface area contributed by atoms with Crippen LogP contribution in [0.2, 0.25) is 0 Å². The normalized spacial score (nSPS) is 14.4. The lowest BCUT2D eigenvalue weighted by molar-refractivity contribution is 0.251. The van der Waals surface area contributed by atoms with Gasteiger partial charge in [0, 0.05) is 5.25 Å². The van der Waals surface area contributed by atoms with Gasteiger partial charge in [-0.1, -0.05) is 0 Å². The van der Waals surface area contributed by atoms with Gasteiger partial charge in [-0.15, -0.1) is 11.8 Å². The van der Waals surface area contributed by atoms with Gasteiger partial charge < -0.3 is 15.3 Å². The van der Waals surface area contributed by atoms with E-state index in [1.807, 2.05) is 0 Å². The number of phenolic OH excluding ortho intramolecular Hbond substituents is 1. The van der Waals surface area contributed by atoms with Crippen molar-refractivity contribution in [3.8, 4) is 5.75 Å². The number of rotatable bonds is 7. The summed E-state index contributed by atoms with van der Waals surface area (Å²) in [6, 6.07) is 3.85. The van der Waals surface area contributed by atoms with Crippen LogP contribution in [-0.2, 0) is 6.42 Å². The largest absolute Gasteiger partial charge is 0.508 e. The summed E-state index contributed by atoms with van der Waals surface area (Å²) < 4.78 is 13.0. The first-order valence-corrected chi connectivity index (χ1v) is 7.17. The Morgan fingerprint density at radius 1 is 1.39 bits per heavy atom. The van der Waals surface area contributed by atoms with Crippen molar-refractivity contribution < 1.29 is 19.7 Å². The Balaban J connectivity index is 2.39. The molecule has 0 radical (unpaired) electrons. The van der Waals surface area contributed by atoms with Crippen molar-refractivity contribution in [2.75, 3.05) is 5.94 Å². The van der Waals surface area contributed by atoms with Crippen molar-refractivity contribution in [2.24, 2.45) is 0 Å². The van der Waals surface area contributed by atoms with Crippen LogP contribution in [0.3, 0.4) is 0 Å². The lowest BCUT2D eigenvalue weighted by Crippen LogP contribution is -2.17. The summed E-state index contributed by atoms with van der Waals surface area (Å²) >= 11 is 5.25. The SMILES string of the molecule is OCSC(O)C(S)CCCc1cc(F)ccc1O. The molecular weight excluding hydrogens is 275 g/mol. The number of aliphatic hydroxyl groups excluding tert-OH is 2. The first-order chi connectivity index (χ1) is 8.54. The molecule has 1 aromatic rings. The minimum atomic E-state index is -0.723. The zero-order chi connectivity index (χ0) is 13.5. The summed E-state index contributed by atoms with van der Waals surface area (Å²) in [5.41, 5.74) is -0.167. The summed E-state index contributed by atoms with van der Waals surface area (Å²) in [5.74, 6) is -0.443. The zero-order valence-corrected chi connectivity index (χ0v) is 11.5. The van der Waals surface area contributed by atoms with Crippen molar-refractivity contribution >= 4 is 24.4 Å². The summed E-state index contributed by atoms with van der Waals surface area (Å²) in [5, 5.41) is 27.5. The first kappa shape index (κ1) is 15.6. The van der Waals surface area contributed by atoms with Crippen LogP contribution in [0.15, 0.2) is 18.2 Å². The van der Waals surface area contributed by atoms with Crippen LogP contribution in [0.1, 0.15) is 18.4 Å². The minimum absolute atomic E-state index is 0.0809. The van der Waals surface area contributed by atoms with Gasteiger partial charge in [-0.3, -0.25) is 0 Å². The predicted octanol–water partition coefficient (Wildman–Crippen LogP) is 2.15. The lowest BCUT2D eigenvalue weighted by atomic mass is 10.1. The number of phenols is 1.